The fourth-order valence-corrected chi connectivity index (χ4v) is 8.24. The number of ether oxygens (including phenoxy) is 5. The molecule has 5 saturated carbocycles. The van der Waals surface area contributed by atoms with Gasteiger partial charge in [-0.2, -0.15) is 0 Å². The molecule has 5 atom stereocenters. The molecule has 1 aliphatic heterocycles. The van der Waals surface area contributed by atoms with Crippen LogP contribution in [0.2, 0.25) is 0 Å². The number of nitrogens with zero attached hydrogens (tertiary/aromatic N) is 1. The lowest BCUT2D eigenvalue weighted by Gasteiger charge is -2.55. The number of benzene rings is 1. The van der Waals surface area contributed by atoms with Crippen molar-refractivity contribution >= 4 is 24.0 Å². The summed E-state index contributed by atoms with van der Waals surface area (Å²) in [6.07, 6.45) is 4.67. The van der Waals surface area contributed by atoms with Gasteiger partial charge in [-0.1, -0.05) is 24.8 Å². The van der Waals surface area contributed by atoms with Gasteiger partial charge in [0, 0.05) is 6.92 Å². The van der Waals surface area contributed by atoms with E-state index in [1.807, 2.05) is 0 Å². The minimum absolute atomic E-state index is 0.0228. The van der Waals surface area contributed by atoms with Gasteiger partial charge in [0.25, 0.3) is 0 Å². The fraction of sp³-hybridized carbons (Fsp3) is 0.625. The summed E-state index contributed by atoms with van der Waals surface area (Å²) < 4.78 is 41.0. The smallest absolute Gasteiger partial charge is 0.413 e. The van der Waals surface area contributed by atoms with Crippen LogP contribution in [0.3, 0.4) is 0 Å². The fourth-order valence-electron chi connectivity index (χ4n) is 8.24. The van der Waals surface area contributed by atoms with Crippen molar-refractivity contribution in [3.63, 3.8) is 0 Å². The van der Waals surface area contributed by atoms with E-state index in [1.165, 1.54) is 49.3 Å². The highest BCUT2D eigenvalue weighted by molar-refractivity contribution is 5.82. The number of esters is 3. The molecule has 7 rings (SSSR count). The average Bonchev–Trinajstić information content (AvgIpc) is 3.65. The Morgan fingerprint density at radius 3 is 2.35 bits per heavy atom. The molecule has 10 nitrogen and oxygen atoms in total. The van der Waals surface area contributed by atoms with Crippen molar-refractivity contribution in [2.75, 3.05) is 13.3 Å². The summed E-state index contributed by atoms with van der Waals surface area (Å²) in [5.74, 6) is -1.62. The number of cyclic esters (lactones) is 1. The molecule has 1 aromatic rings. The van der Waals surface area contributed by atoms with Crippen molar-refractivity contribution in [3.8, 4) is 0 Å². The highest BCUT2D eigenvalue weighted by atomic mass is 19.1. The quantitative estimate of drug-likeness (QED) is 0.175. The third-order valence-corrected chi connectivity index (χ3v) is 9.80. The van der Waals surface area contributed by atoms with Gasteiger partial charge < -0.3 is 23.7 Å². The van der Waals surface area contributed by atoms with Crippen LogP contribution in [0.4, 0.5) is 9.18 Å². The van der Waals surface area contributed by atoms with Crippen molar-refractivity contribution in [2.24, 2.45) is 35.0 Å². The minimum atomic E-state index is -1.11. The van der Waals surface area contributed by atoms with E-state index < -0.39 is 66.3 Å². The average molecular weight is 600 g/mol. The molecule has 1 heterocycles. The third kappa shape index (κ3) is 6.14. The first-order chi connectivity index (χ1) is 20.7. The number of amides is 1. The van der Waals surface area contributed by atoms with Crippen LogP contribution in [0.15, 0.2) is 36.9 Å². The minimum Gasteiger partial charge on any atom is -0.445 e. The van der Waals surface area contributed by atoms with Crippen LogP contribution >= 0.6 is 0 Å². The lowest BCUT2D eigenvalue weighted by Crippen LogP contribution is -2.51. The zero-order valence-corrected chi connectivity index (χ0v) is 24.3. The number of halogens is 1. The molecule has 232 valence electrons. The van der Waals surface area contributed by atoms with E-state index in [2.05, 4.69) is 6.58 Å². The molecule has 0 aromatic heterocycles. The molecule has 11 heteroatoms. The molecule has 1 aromatic carbocycles. The lowest BCUT2D eigenvalue weighted by molar-refractivity contribution is -0.202. The first-order valence-corrected chi connectivity index (χ1v) is 15.1. The van der Waals surface area contributed by atoms with Gasteiger partial charge in [-0.3, -0.25) is 14.5 Å². The summed E-state index contributed by atoms with van der Waals surface area (Å²) in [5.41, 5.74) is 0.168. The van der Waals surface area contributed by atoms with Gasteiger partial charge in [0.1, 0.15) is 12.4 Å². The third-order valence-electron chi connectivity index (χ3n) is 9.80. The van der Waals surface area contributed by atoms with E-state index in [-0.39, 0.29) is 25.6 Å². The Balaban J connectivity index is 1.11. The maximum Gasteiger partial charge on any atom is 0.413 e. The van der Waals surface area contributed by atoms with Gasteiger partial charge in [-0.25, -0.2) is 14.0 Å². The molecule has 6 aliphatic rings. The first kappa shape index (κ1) is 29.6. The Labute approximate surface area is 249 Å². The predicted octanol–water partition coefficient (Wildman–Crippen LogP) is 4.50. The Hall–Kier alpha value is -3.47. The van der Waals surface area contributed by atoms with Gasteiger partial charge in [-0.15, -0.1) is 0 Å². The van der Waals surface area contributed by atoms with Crippen LogP contribution < -0.4 is 0 Å². The van der Waals surface area contributed by atoms with Crippen molar-refractivity contribution < 1.29 is 47.3 Å². The summed E-state index contributed by atoms with van der Waals surface area (Å²) in [6, 6.07) is 5.02. The molecule has 0 N–H and O–H groups in total. The lowest BCUT2D eigenvalue weighted by atomic mass is 9.49. The van der Waals surface area contributed by atoms with Crippen molar-refractivity contribution in [1.29, 1.82) is 0 Å². The van der Waals surface area contributed by atoms with E-state index in [9.17, 15) is 23.6 Å². The van der Waals surface area contributed by atoms with Gasteiger partial charge in [0.05, 0.1) is 24.0 Å². The van der Waals surface area contributed by atoms with Gasteiger partial charge in [-0.05, 0) is 86.3 Å². The molecule has 5 aliphatic carbocycles. The molecule has 43 heavy (non-hydrogen) atoms. The van der Waals surface area contributed by atoms with Crippen molar-refractivity contribution in [1.82, 2.24) is 4.90 Å². The van der Waals surface area contributed by atoms with E-state index >= 15 is 0 Å². The second-order valence-electron chi connectivity index (χ2n) is 12.9. The van der Waals surface area contributed by atoms with Gasteiger partial charge >= 0.3 is 24.0 Å². The zero-order chi connectivity index (χ0) is 30.3. The molecule has 1 amide bonds. The second kappa shape index (κ2) is 11.9. The molecule has 0 spiro atoms. The Morgan fingerprint density at radius 2 is 1.72 bits per heavy atom. The van der Waals surface area contributed by atoms with E-state index in [0.29, 0.717) is 23.3 Å². The molecule has 0 unspecified atom stereocenters. The molecule has 6 fully saturated rings. The highest BCUT2D eigenvalue weighted by Gasteiger charge is 2.63. The summed E-state index contributed by atoms with van der Waals surface area (Å²) in [4.78, 5) is 53.6. The standard InChI is InChI=1S/C32H38FNO9/c1-3-8-39-31(38)34-17-41-28(35)25(40-16-19-4-6-23(33)7-5-19)12-24-26(27(24)34)29(36)42-18(2)43-30(37)32-13-20-9-21(14-32)11-22(10-20)15-32/h3-7,18,20-22,24-27H,1,8-17H2,2H3/t18-,20?,21?,22?,24+,25-,26+,27+,32?/m1/s1. The number of hydrogen-bond donors (Lipinski definition) is 0. The number of rotatable bonds is 9. The van der Waals surface area contributed by atoms with Crippen molar-refractivity contribution in [2.45, 2.75) is 76.9 Å². The summed E-state index contributed by atoms with van der Waals surface area (Å²) in [7, 11) is 0. The number of fused-ring (bicyclic) bond motifs is 1. The van der Waals surface area contributed by atoms with Crippen LogP contribution in [0.5, 0.6) is 0 Å². The Bertz CT molecular complexity index is 1230. The maximum atomic E-state index is 13.4. The SMILES string of the molecule is C=CCOC(=O)N1COC(=O)[C@H](OCc2ccc(F)cc2)C[C@H]2[C@H](C(=O)O[C@@H](C)OC(=O)C34CC5CC(CC(C5)C3)C4)[C@H]21. The molecule has 4 bridgehead atoms. The van der Waals surface area contributed by atoms with E-state index in [4.69, 9.17) is 23.7 Å². The number of carbonyl (C=O) groups is 4. The molecule has 1 saturated heterocycles. The summed E-state index contributed by atoms with van der Waals surface area (Å²) in [6.45, 7) is 4.59. The zero-order valence-electron chi connectivity index (χ0n) is 24.3. The van der Waals surface area contributed by atoms with Crippen LogP contribution in [-0.4, -0.2) is 60.7 Å². The Kier molecular flexibility index (Phi) is 8.19. The Morgan fingerprint density at radius 1 is 1.07 bits per heavy atom. The molecular weight excluding hydrogens is 561 g/mol. The number of hydrogen-bond acceptors (Lipinski definition) is 9. The molecule has 0 radical (unpaired) electrons. The van der Waals surface area contributed by atoms with Crippen molar-refractivity contribution in [3.05, 3.63) is 48.3 Å². The predicted molar refractivity (Wildman–Crippen MR) is 147 cm³/mol. The topological polar surface area (TPSA) is 118 Å². The summed E-state index contributed by atoms with van der Waals surface area (Å²) in [5, 5.41) is 0. The van der Waals surface area contributed by atoms with Crippen LogP contribution in [-0.2, 0) is 44.7 Å². The van der Waals surface area contributed by atoms with Crippen LogP contribution in [0, 0.1) is 40.8 Å². The van der Waals surface area contributed by atoms with Gasteiger partial charge in [0.15, 0.2) is 12.8 Å². The van der Waals surface area contributed by atoms with E-state index in [1.54, 1.807) is 12.1 Å². The largest absolute Gasteiger partial charge is 0.445 e. The summed E-state index contributed by atoms with van der Waals surface area (Å²) >= 11 is 0. The second-order valence-corrected chi connectivity index (χ2v) is 12.9. The van der Waals surface area contributed by atoms with Crippen LogP contribution in [0.1, 0.15) is 57.4 Å². The molecular formula is C32H38FNO9. The normalized spacial score (nSPS) is 34.6. The first-order valence-electron chi connectivity index (χ1n) is 15.1. The van der Waals surface area contributed by atoms with Gasteiger partial charge in [0.2, 0.25) is 6.29 Å². The maximum absolute atomic E-state index is 13.4. The highest BCUT2D eigenvalue weighted by Crippen LogP contribution is 2.60. The monoisotopic (exact) mass is 599 g/mol. The number of carbonyl (C=O) groups excluding carboxylic acids is 4. The van der Waals surface area contributed by atoms with E-state index in [0.717, 1.165) is 19.3 Å². The van der Waals surface area contributed by atoms with Crippen LogP contribution in [0.25, 0.3) is 0 Å².